The van der Waals surface area contributed by atoms with Crippen molar-refractivity contribution in [1.82, 2.24) is 0 Å². The molecular formula is C16H18O. The van der Waals surface area contributed by atoms with Gasteiger partial charge in [-0.3, -0.25) is 0 Å². The third kappa shape index (κ3) is 6.33. The van der Waals surface area contributed by atoms with Crippen LogP contribution in [0.5, 0.6) is 0 Å². The van der Waals surface area contributed by atoms with Crippen LogP contribution in [0, 0.1) is 0 Å². The van der Waals surface area contributed by atoms with Crippen LogP contribution >= 0.6 is 0 Å². The van der Waals surface area contributed by atoms with Crippen molar-refractivity contribution in [1.29, 1.82) is 0 Å². The Bertz CT molecular complexity index is 410. The molecule has 1 N–H and O–H groups in total. The van der Waals surface area contributed by atoms with Gasteiger partial charge in [0.1, 0.15) is 0 Å². The van der Waals surface area contributed by atoms with Crippen molar-refractivity contribution in [3.05, 3.63) is 78.4 Å². The summed E-state index contributed by atoms with van der Waals surface area (Å²) in [5.41, 5.74) is 2.24. The lowest BCUT2D eigenvalue weighted by molar-refractivity contribution is 0.343. The quantitative estimate of drug-likeness (QED) is 0.732. The zero-order valence-corrected chi connectivity index (χ0v) is 9.92. The van der Waals surface area contributed by atoms with E-state index in [0.29, 0.717) is 0 Å². The first-order valence-corrected chi connectivity index (χ1v) is 5.66. The van der Waals surface area contributed by atoms with Crippen molar-refractivity contribution in [2.45, 2.75) is 6.42 Å². The molecule has 1 aromatic rings. The van der Waals surface area contributed by atoms with Gasteiger partial charge in [-0.25, -0.2) is 0 Å². The second-order valence-corrected chi connectivity index (χ2v) is 3.65. The van der Waals surface area contributed by atoms with Gasteiger partial charge in [0.15, 0.2) is 0 Å². The van der Waals surface area contributed by atoms with Gasteiger partial charge >= 0.3 is 0 Å². The van der Waals surface area contributed by atoms with Crippen molar-refractivity contribution in [3.63, 3.8) is 0 Å². The molecule has 0 aliphatic rings. The van der Waals surface area contributed by atoms with Crippen molar-refractivity contribution in [2.24, 2.45) is 0 Å². The van der Waals surface area contributed by atoms with Crippen LogP contribution < -0.4 is 0 Å². The van der Waals surface area contributed by atoms with E-state index in [-0.39, 0.29) is 6.61 Å². The summed E-state index contributed by atoms with van der Waals surface area (Å²) >= 11 is 0. The molecule has 0 fully saturated rings. The molecule has 1 nitrogen and oxygen atoms in total. The topological polar surface area (TPSA) is 20.2 Å². The Balaban J connectivity index is 2.37. The molecule has 0 unspecified atom stereocenters. The fourth-order valence-corrected chi connectivity index (χ4v) is 1.28. The lowest BCUT2D eigenvalue weighted by Gasteiger charge is -1.94. The van der Waals surface area contributed by atoms with Gasteiger partial charge in [0.2, 0.25) is 0 Å². The van der Waals surface area contributed by atoms with Gasteiger partial charge in [0.25, 0.3) is 0 Å². The lowest BCUT2D eigenvalue weighted by Crippen LogP contribution is -1.73. The average Bonchev–Trinajstić information content (AvgIpc) is 2.37. The molecule has 1 aromatic carbocycles. The smallest absolute Gasteiger partial charge is 0.0615 e. The second-order valence-electron chi connectivity index (χ2n) is 3.65. The molecule has 0 bridgehead atoms. The minimum absolute atomic E-state index is 0.0825. The fraction of sp³-hybridized carbons (Fsp3) is 0.125. The molecular weight excluding hydrogens is 208 g/mol. The molecule has 0 aliphatic heterocycles. The normalized spacial score (nSPS) is 11.8. The van der Waals surface area contributed by atoms with Gasteiger partial charge in [0, 0.05) is 0 Å². The first kappa shape index (κ1) is 13.2. The molecule has 1 heteroatoms. The van der Waals surface area contributed by atoms with E-state index in [1.165, 1.54) is 5.56 Å². The van der Waals surface area contributed by atoms with Gasteiger partial charge in [-0.05, 0) is 12.0 Å². The first-order chi connectivity index (χ1) is 8.33. The lowest BCUT2D eigenvalue weighted by atomic mass is 10.1. The SMILES string of the molecule is C=C(/C=C/c1ccccc1)C/C=C/C=C/CO. The summed E-state index contributed by atoms with van der Waals surface area (Å²) in [7, 11) is 0. The Hall–Kier alpha value is -1.86. The molecule has 0 heterocycles. The van der Waals surface area contributed by atoms with E-state index in [2.05, 4.69) is 24.8 Å². The highest BCUT2D eigenvalue weighted by Crippen LogP contribution is 2.07. The molecule has 0 radical (unpaired) electrons. The zero-order chi connectivity index (χ0) is 12.3. The molecule has 17 heavy (non-hydrogen) atoms. The molecule has 0 saturated heterocycles. The number of aliphatic hydroxyl groups excluding tert-OH is 1. The van der Waals surface area contributed by atoms with Crippen molar-refractivity contribution in [2.75, 3.05) is 6.61 Å². The molecule has 0 amide bonds. The Morgan fingerprint density at radius 3 is 2.53 bits per heavy atom. The van der Waals surface area contributed by atoms with Crippen molar-refractivity contribution in [3.8, 4) is 0 Å². The van der Waals surface area contributed by atoms with Gasteiger partial charge in [-0.15, -0.1) is 0 Å². The highest BCUT2D eigenvalue weighted by molar-refractivity contribution is 5.52. The number of rotatable bonds is 6. The van der Waals surface area contributed by atoms with E-state index in [0.717, 1.165) is 12.0 Å². The van der Waals surface area contributed by atoms with E-state index in [1.54, 1.807) is 6.08 Å². The standard InChI is InChI=1S/C16H18O/c1-15(9-5-2-3-8-14-17)12-13-16-10-6-4-7-11-16/h2-8,10-13,17H,1,9,14H2/b5-2+,8-3+,13-12+. The van der Waals surface area contributed by atoms with Crippen LogP contribution in [-0.4, -0.2) is 11.7 Å². The van der Waals surface area contributed by atoms with Crippen LogP contribution in [0.25, 0.3) is 6.08 Å². The maximum absolute atomic E-state index is 8.54. The highest BCUT2D eigenvalue weighted by atomic mass is 16.2. The Labute approximate surface area is 103 Å². The summed E-state index contributed by atoms with van der Waals surface area (Å²) in [6.07, 6.45) is 12.4. The predicted molar refractivity (Wildman–Crippen MR) is 74.6 cm³/mol. The van der Waals surface area contributed by atoms with E-state index >= 15 is 0 Å². The Kier molecular flexibility index (Phi) is 6.46. The number of hydrogen-bond acceptors (Lipinski definition) is 1. The number of benzene rings is 1. The van der Waals surface area contributed by atoms with Gasteiger partial charge in [0.05, 0.1) is 6.61 Å². The van der Waals surface area contributed by atoms with Crippen LogP contribution in [0.1, 0.15) is 12.0 Å². The predicted octanol–water partition coefficient (Wildman–Crippen LogP) is 3.75. The summed E-state index contributed by atoms with van der Waals surface area (Å²) in [4.78, 5) is 0. The van der Waals surface area contributed by atoms with Gasteiger partial charge in [-0.2, -0.15) is 0 Å². The molecule has 1 rings (SSSR count). The summed E-state index contributed by atoms with van der Waals surface area (Å²) < 4.78 is 0. The number of hydrogen-bond donors (Lipinski definition) is 1. The minimum Gasteiger partial charge on any atom is -0.392 e. The monoisotopic (exact) mass is 226 g/mol. The van der Waals surface area contributed by atoms with E-state index < -0.39 is 0 Å². The third-order valence-electron chi connectivity index (χ3n) is 2.18. The second kappa shape index (κ2) is 8.31. The summed E-state index contributed by atoms with van der Waals surface area (Å²) in [6, 6.07) is 10.2. The van der Waals surface area contributed by atoms with E-state index in [4.69, 9.17) is 5.11 Å². The first-order valence-electron chi connectivity index (χ1n) is 5.66. The molecule has 88 valence electrons. The summed E-state index contributed by atoms with van der Waals surface area (Å²) in [5.74, 6) is 0. The number of aliphatic hydroxyl groups is 1. The van der Waals surface area contributed by atoms with Crippen LogP contribution in [0.4, 0.5) is 0 Å². The van der Waals surface area contributed by atoms with Crippen LogP contribution in [0.15, 0.2) is 72.9 Å². The van der Waals surface area contributed by atoms with Gasteiger partial charge in [-0.1, -0.05) is 78.9 Å². The van der Waals surface area contributed by atoms with Crippen LogP contribution in [-0.2, 0) is 0 Å². The Morgan fingerprint density at radius 1 is 1.12 bits per heavy atom. The van der Waals surface area contributed by atoms with Crippen LogP contribution in [0.2, 0.25) is 0 Å². The molecule has 0 saturated carbocycles. The van der Waals surface area contributed by atoms with E-state index in [9.17, 15) is 0 Å². The molecule has 0 aliphatic carbocycles. The third-order valence-corrected chi connectivity index (χ3v) is 2.18. The zero-order valence-electron chi connectivity index (χ0n) is 9.92. The summed E-state index contributed by atoms with van der Waals surface area (Å²) in [6.45, 7) is 4.06. The Morgan fingerprint density at radius 2 is 1.82 bits per heavy atom. The minimum atomic E-state index is 0.0825. The van der Waals surface area contributed by atoms with Gasteiger partial charge < -0.3 is 5.11 Å². The highest BCUT2D eigenvalue weighted by Gasteiger charge is 1.85. The molecule has 0 aromatic heterocycles. The fourth-order valence-electron chi connectivity index (χ4n) is 1.28. The van der Waals surface area contributed by atoms with E-state index in [1.807, 2.05) is 42.5 Å². The number of allylic oxidation sites excluding steroid dienone is 5. The molecule has 0 spiro atoms. The summed E-state index contributed by atoms with van der Waals surface area (Å²) in [5, 5.41) is 8.54. The molecule has 0 atom stereocenters. The maximum Gasteiger partial charge on any atom is 0.0615 e. The largest absolute Gasteiger partial charge is 0.392 e. The average molecular weight is 226 g/mol. The van der Waals surface area contributed by atoms with Crippen molar-refractivity contribution < 1.29 is 5.11 Å². The van der Waals surface area contributed by atoms with Crippen LogP contribution in [0.3, 0.4) is 0 Å². The maximum atomic E-state index is 8.54. The van der Waals surface area contributed by atoms with Crippen molar-refractivity contribution >= 4 is 6.08 Å².